The van der Waals surface area contributed by atoms with Gasteiger partial charge in [0.1, 0.15) is 0 Å². The van der Waals surface area contributed by atoms with E-state index in [2.05, 4.69) is 5.32 Å². The Labute approximate surface area is 131 Å². The van der Waals surface area contributed by atoms with Gasteiger partial charge in [0.2, 0.25) is 11.8 Å². The van der Waals surface area contributed by atoms with Crippen LogP contribution < -0.4 is 11.1 Å². The SMILES string of the molecule is CNC(=O)C1CCCN(C(=O)Cc2ccc(N)cc2)C1.Cl. The molecule has 1 aliphatic rings. The van der Waals surface area contributed by atoms with Crippen LogP contribution in [0.5, 0.6) is 0 Å². The van der Waals surface area contributed by atoms with Crippen molar-refractivity contribution in [2.45, 2.75) is 19.3 Å². The molecule has 5 nitrogen and oxygen atoms in total. The van der Waals surface area contributed by atoms with Gasteiger partial charge >= 0.3 is 0 Å². The van der Waals surface area contributed by atoms with Crippen LogP contribution in [0.15, 0.2) is 24.3 Å². The maximum Gasteiger partial charge on any atom is 0.227 e. The molecule has 0 saturated carbocycles. The number of rotatable bonds is 3. The van der Waals surface area contributed by atoms with E-state index in [0.717, 1.165) is 24.9 Å². The lowest BCUT2D eigenvalue weighted by Crippen LogP contribution is -2.45. The van der Waals surface area contributed by atoms with Crippen LogP contribution in [0.25, 0.3) is 0 Å². The summed E-state index contributed by atoms with van der Waals surface area (Å²) in [5.74, 6) is 0.0162. The molecule has 2 amide bonds. The van der Waals surface area contributed by atoms with E-state index in [4.69, 9.17) is 5.73 Å². The highest BCUT2D eigenvalue weighted by atomic mass is 35.5. The molecule has 0 radical (unpaired) electrons. The van der Waals surface area contributed by atoms with Gasteiger partial charge in [-0.25, -0.2) is 0 Å². The number of carbonyl (C=O) groups is 2. The van der Waals surface area contributed by atoms with Crippen LogP contribution in [0.4, 0.5) is 5.69 Å². The Morgan fingerprint density at radius 2 is 2.00 bits per heavy atom. The van der Waals surface area contributed by atoms with Crippen molar-refractivity contribution in [3.8, 4) is 0 Å². The van der Waals surface area contributed by atoms with Crippen LogP contribution in [0.2, 0.25) is 0 Å². The molecule has 1 aromatic rings. The number of nitrogens with zero attached hydrogens (tertiary/aromatic N) is 1. The molecule has 116 valence electrons. The normalized spacial score (nSPS) is 17.8. The van der Waals surface area contributed by atoms with Crippen molar-refractivity contribution in [3.05, 3.63) is 29.8 Å². The summed E-state index contributed by atoms with van der Waals surface area (Å²) in [5.41, 5.74) is 7.27. The first kappa shape index (κ1) is 17.3. The minimum Gasteiger partial charge on any atom is -0.399 e. The summed E-state index contributed by atoms with van der Waals surface area (Å²) in [4.78, 5) is 25.7. The quantitative estimate of drug-likeness (QED) is 0.824. The van der Waals surface area contributed by atoms with Gasteiger partial charge in [0.15, 0.2) is 0 Å². The molecule has 1 aromatic carbocycles. The second-order valence-electron chi connectivity index (χ2n) is 5.21. The van der Waals surface area contributed by atoms with Crippen LogP contribution in [-0.2, 0) is 16.0 Å². The summed E-state index contributed by atoms with van der Waals surface area (Å²) in [6, 6.07) is 7.33. The van der Waals surface area contributed by atoms with Gasteiger partial charge in [0.05, 0.1) is 12.3 Å². The number of hydrogen-bond acceptors (Lipinski definition) is 3. The highest BCUT2D eigenvalue weighted by molar-refractivity contribution is 5.85. The van der Waals surface area contributed by atoms with E-state index in [9.17, 15) is 9.59 Å². The first-order valence-electron chi connectivity index (χ1n) is 6.94. The van der Waals surface area contributed by atoms with E-state index in [1.165, 1.54) is 0 Å². The summed E-state index contributed by atoms with van der Waals surface area (Å²) in [7, 11) is 1.64. The van der Waals surface area contributed by atoms with E-state index in [-0.39, 0.29) is 30.1 Å². The fourth-order valence-electron chi connectivity index (χ4n) is 2.54. The molecule has 0 bridgehead atoms. The Morgan fingerprint density at radius 3 is 2.62 bits per heavy atom. The standard InChI is InChI=1S/C15H21N3O2.ClH/c1-17-15(20)12-3-2-8-18(10-12)14(19)9-11-4-6-13(16)7-5-11;/h4-7,12H,2-3,8-10,16H2,1H3,(H,17,20);1H. The molecule has 0 spiro atoms. The number of benzene rings is 1. The van der Waals surface area contributed by atoms with Crippen LogP contribution >= 0.6 is 12.4 Å². The second-order valence-corrected chi connectivity index (χ2v) is 5.21. The molecule has 0 aliphatic carbocycles. The molecule has 3 N–H and O–H groups in total. The topological polar surface area (TPSA) is 75.4 Å². The lowest BCUT2D eigenvalue weighted by atomic mass is 9.96. The lowest BCUT2D eigenvalue weighted by Gasteiger charge is -2.32. The van der Waals surface area contributed by atoms with Crippen molar-refractivity contribution in [1.82, 2.24) is 10.2 Å². The molecular weight excluding hydrogens is 290 g/mol. The number of hydrogen-bond donors (Lipinski definition) is 2. The van der Waals surface area contributed by atoms with Crippen molar-refractivity contribution in [2.24, 2.45) is 5.92 Å². The van der Waals surface area contributed by atoms with Gasteiger partial charge in [-0.2, -0.15) is 0 Å². The van der Waals surface area contributed by atoms with Crippen molar-refractivity contribution in [1.29, 1.82) is 0 Å². The van der Waals surface area contributed by atoms with Crippen LogP contribution in [-0.4, -0.2) is 36.9 Å². The maximum absolute atomic E-state index is 12.3. The zero-order chi connectivity index (χ0) is 14.5. The number of carbonyl (C=O) groups excluding carboxylic acids is 2. The van der Waals surface area contributed by atoms with E-state index < -0.39 is 0 Å². The molecule has 6 heteroatoms. The molecule has 0 aromatic heterocycles. The molecule has 1 atom stereocenters. The number of amides is 2. The van der Waals surface area contributed by atoms with Crippen LogP contribution in [0.3, 0.4) is 0 Å². The highest BCUT2D eigenvalue weighted by Crippen LogP contribution is 2.18. The zero-order valence-electron chi connectivity index (χ0n) is 12.2. The third-order valence-corrected chi connectivity index (χ3v) is 3.73. The van der Waals surface area contributed by atoms with Crippen LogP contribution in [0, 0.1) is 5.92 Å². The second kappa shape index (κ2) is 7.88. The first-order valence-corrected chi connectivity index (χ1v) is 6.94. The Morgan fingerprint density at radius 1 is 1.33 bits per heavy atom. The van der Waals surface area contributed by atoms with Gasteiger partial charge < -0.3 is 16.0 Å². The molecule has 1 heterocycles. The number of nitrogen functional groups attached to an aromatic ring is 1. The summed E-state index contributed by atoms with van der Waals surface area (Å²) < 4.78 is 0. The number of nitrogens with two attached hydrogens (primary N) is 1. The van der Waals surface area contributed by atoms with Gasteiger partial charge in [0.25, 0.3) is 0 Å². The number of piperidine rings is 1. The monoisotopic (exact) mass is 311 g/mol. The lowest BCUT2D eigenvalue weighted by molar-refractivity contribution is -0.135. The fraction of sp³-hybridized carbons (Fsp3) is 0.467. The number of nitrogens with one attached hydrogen (secondary N) is 1. The number of halogens is 1. The van der Waals surface area contributed by atoms with E-state index in [1.807, 2.05) is 12.1 Å². The van der Waals surface area contributed by atoms with Gasteiger partial charge in [-0.15, -0.1) is 12.4 Å². The maximum atomic E-state index is 12.3. The van der Waals surface area contributed by atoms with Gasteiger partial charge in [0, 0.05) is 25.8 Å². The fourth-order valence-corrected chi connectivity index (χ4v) is 2.54. The summed E-state index contributed by atoms with van der Waals surface area (Å²) in [6.07, 6.45) is 2.09. The molecule has 1 fully saturated rings. The summed E-state index contributed by atoms with van der Waals surface area (Å²) in [6.45, 7) is 1.26. The Kier molecular flexibility index (Phi) is 6.49. The number of anilines is 1. The average Bonchev–Trinajstić information content (AvgIpc) is 2.49. The van der Waals surface area contributed by atoms with Gasteiger partial charge in [-0.3, -0.25) is 9.59 Å². The third kappa shape index (κ3) is 4.63. The van der Waals surface area contributed by atoms with Gasteiger partial charge in [-0.1, -0.05) is 12.1 Å². The van der Waals surface area contributed by atoms with E-state index in [0.29, 0.717) is 18.7 Å². The van der Waals surface area contributed by atoms with Crippen molar-refractivity contribution < 1.29 is 9.59 Å². The minimum atomic E-state index is -0.0795. The Hall–Kier alpha value is -1.75. The summed E-state index contributed by atoms with van der Waals surface area (Å²) in [5, 5.41) is 2.66. The molecule has 1 aliphatic heterocycles. The average molecular weight is 312 g/mol. The minimum absolute atomic E-state index is 0. The zero-order valence-corrected chi connectivity index (χ0v) is 13.0. The summed E-state index contributed by atoms with van der Waals surface area (Å²) >= 11 is 0. The van der Waals surface area contributed by atoms with Crippen molar-refractivity contribution >= 4 is 29.9 Å². The predicted molar refractivity (Wildman–Crippen MR) is 85.2 cm³/mol. The molecule has 1 unspecified atom stereocenters. The predicted octanol–water partition coefficient (Wildman–Crippen LogP) is 1.22. The highest BCUT2D eigenvalue weighted by Gasteiger charge is 2.27. The van der Waals surface area contributed by atoms with Crippen LogP contribution in [0.1, 0.15) is 18.4 Å². The molecule has 21 heavy (non-hydrogen) atoms. The van der Waals surface area contributed by atoms with Crippen molar-refractivity contribution in [3.63, 3.8) is 0 Å². The molecule has 1 saturated heterocycles. The Bertz CT molecular complexity index is 490. The largest absolute Gasteiger partial charge is 0.399 e. The van der Waals surface area contributed by atoms with Crippen molar-refractivity contribution in [2.75, 3.05) is 25.9 Å². The van der Waals surface area contributed by atoms with Gasteiger partial charge in [-0.05, 0) is 30.5 Å². The first-order chi connectivity index (χ1) is 9.60. The molecule has 2 rings (SSSR count). The number of likely N-dealkylation sites (tertiary alicyclic amines) is 1. The van der Waals surface area contributed by atoms with E-state index >= 15 is 0 Å². The molecular formula is C15H22ClN3O2. The third-order valence-electron chi connectivity index (χ3n) is 3.73. The van der Waals surface area contributed by atoms with E-state index in [1.54, 1.807) is 24.1 Å². The smallest absolute Gasteiger partial charge is 0.227 e. The Balaban J connectivity index is 0.00000220.